The topological polar surface area (TPSA) is 84.7 Å². The largest absolute Gasteiger partial charge is 1.00 e. The number of benzene rings is 3. The molecule has 0 aliphatic carbocycles. The molecule has 2 aromatic heterocycles. The molecule has 11 rings (SSSR count). The summed E-state index contributed by atoms with van der Waals surface area (Å²) in [4.78, 5) is 8.94. The highest BCUT2D eigenvalue weighted by molar-refractivity contribution is 5.84. The first-order valence-electron chi connectivity index (χ1n) is 21.0. The van der Waals surface area contributed by atoms with Crippen LogP contribution in [-0.4, -0.2) is 81.6 Å². The van der Waals surface area contributed by atoms with E-state index in [1.807, 2.05) is 36.4 Å². The number of aliphatic hydroxyl groups excluding tert-OH is 2. The highest BCUT2D eigenvalue weighted by Crippen LogP contribution is 2.51. The van der Waals surface area contributed by atoms with Crippen molar-refractivity contribution in [3.8, 4) is 11.5 Å². The first-order valence-corrected chi connectivity index (χ1v) is 21.0. The van der Waals surface area contributed by atoms with E-state index in [2.05, 4.69) is 23.1 Å². The van der Waals surface area contributed by atoms with Crippen molar-refractivity contribution in [1.82, 2.24) is 9.97 Å². The molecule has 4 unspecified atom stereocenters. The first-order chi connectivity index (χ1) is 28.9. The van der Waals surface area contributed by atoms with Gasteiger partial charge in [0, 0.05) is 60.7 Å². The van der Waals surface area contributed by atoms with E-state index in [4.69, 9.17) is 9.47 Å². The van der Waals surface area contributed by atoms with Crippen molar-refractivity contribution in [2.24, 2.45) is 23.7 Å². The minimum absolute atomic E-state index is 0. The van der Waals surface area contributed by atoms with Crippen molar-refractivity contribution >= 4 is 21.8 Å². The van der Waals surface area contributed by atoms with Crippen LogP contribution in [0, 0.1) is 46.9 Å². The van der Waals surface area contributed by atoms with Crippen LogP contribution in [-0.2, 0) is 13.1 Å². The Kier molecular flexibility index (Phi) is 13.3. The van der Waals surface area contributed by atoms with Crippen molar-refractivity contribution in [1.29, 1.82) is 0 Å². The summed E-state index contributed by atoms with van der Waals surface area (Å²) in [5, 5.41) is 25.9. The maximum atomic E-state index is 16.8. The Balaban J connectivity index is 0.00000289. The van der Waals surface area contributed by atoms with Crippen molar-refractivity contribution < 1.29 is 80.2 Å². The van der Waals surface area contributed by atoms with Gasteiger partial charge in [0.05, 0.1) is 62.6 Å². The van der Waals surface area contributed by atoms with Crippen LogP contribution in [0.25, 0.3) is 21.8 Å². The van der Waals surface area contributed by atoms with Crippen LogP contribution in [0.4, 0.5) is 17.6 Å². The molecule has 0 amide bonds. The van der Waals surface area contributed by atoms with Crippen molar-refractivity contribution in [3.05, 3.63) is 132 Å². The lowest BCUT2D eigenvalue weighted by atomic mass is 9.71. The zero-order valence-corrected chi connectivity index (χ0v) is 38.0. The summed E-state index contributed by atoms with van der Waals surface area (Å²) in [5.74, 6) is -4.12. The van der Waals surface area contributed by atoms with Gasteiger partial charge >= 0.3 is 0 Å². The van der Waals surface area contributed by atoms with Crippen LogP contribution >= 0.6 is 0 Å². The number of hydrogen-bond donors (Lipinski definition) is 2. The number of pyridine rings is 2. The minimum Gasteiger partial charge on any atom is -1.00 e. The molecule has 6 aliphatic heterocycles. The summed E-state index contributed by atoms with van der Waals surface area (Å²) >= 11 is 0. The molecule has 2 N–H and O–H groups in total. The molecule has 0 spiro atoms. The number of quaternary nitrogens is 2. The number of halogens is 6. The number of aliphatic hydroxyl groups is 2. The first kappa shape index (κ1) is 46.1. The second-order valence-corrected chi connectivity index (χ2v) is 17.7. The molecule has 8 heterocycles. The summed E-state index contributed by atoms with van der Waals surface area (Å²) in [6, 6.07) is 13.3. The van der Waals surface area contributed by atoms with Gasteiger partial charge in [-0.25, -0.2) is 17.6 Å². The third-order valence-corrected chi connectivity index (χ3v) is 15.1. The van der Waals surface area contributed by atoms with E-state index < -0.39 is 58.7 Å². The van der Waals surface area contributed by atoms with Gasteiger partial charge in [-0.3, -0.25) is 9.97 Å². The van der Waals surface area contributed by atoms with Crippen molar-refractivity contribution in [3.63, 3.8) is 0 Å². The monoisotopic (exact) mass is 982 g/mol. The number of aromatic nitrogens is 2. The predicted molar refractivity (Wildman–Crippen MR) is 221 cm³/mol. The molecule has 62 heavy (non-hydrogen) atoms. The highest BCUT2D eigenvalue weighted by atomic mass is 79.9. The molecule has 0 radical (unpaired) electrons. The van der Waals surface area contributed by atoms with Gasteiger partial charge in [-0.2, -0.15) is 0 Å². The SMILES string of the molecule is C=C[C@@H]1C[N+]2(Cc3c(F)c(F)c(C[N+]45CCC(C[C@H]4[C@H](O)c4ccnc6ccc(OC)cc46)[C@@H](C=C)C5)c(F)c3F)CCC1C[C@H]2[C@H](O)c1ccnc2ccc(OC)cc12.[Br-].[Br-]. The van der Waals surface area contributed by atoms with Gasteiger partial charge in [0.25, 0.3) is 0 Å². The van der Waals surface area contributed by atoms with E-state index in [1.165, 1.54) is 0 Å². The third-order valence-electron chi connectivity index (χ3n) is 15.1. The predicted octanol–water partition coefficient (Wildman–Crippen LogP) is 2.65. The molecule has 0 saturated carbocycles. The highest BCUT2D eigenvalue weighted by Gasteiger charge is 2.57. The van der Waals surface area contributed by atoms with E-state index in [0.29, 0.717) is 96.3 Å². The van der Waals surface area contributed by atoms with Crippen molar-refractivity contribution in [2.75, 3.05) is 40.4 Å². The maximum Gasteiger partial charge on any atom is 0.171 e. The molecular weight excluding hydrogens is 932 g/mol. The number of methoxy groups -OCH3 is 2. The summed E-state index contributed by atoms with van der Waals surface area (Å²) < 4.78 is 78.3. The van der Waals surface area contributed by atoms with Crippen LogP contribution < -0.4 is 43.4 Å². The lowest BCUT2D eigenvalue weighted by molar-refractivity contribution is -0.985. The normalized spacial score (nSPS) is 28.5. The zero-order valence-electron chi connectivity index (χ0n) is 34.8. The maximum absolute atomic E-state index is 16.8. The van der Waals surface area contributed by atoms with Crippen LogP contribution in [0.15, 0.2) is 86.2 Å². The number of rotatable bonds is 12. The standard InChI is InChI=1S/C48H52F4N4O4.2BrH/c1-5-27-23-55(17-13-29(27)19-41(55)47(57)33-11-15-53-39-9-7-31(59-3)21-35(33)39)25-37-43(49)45(51)38(46(52)44(37)50)26-56-18-14-30(28(6-2)24-56)20-42(56)48(58)34-12-16-54-40-10-8-32(60-4)22-36(34)40;;/h5-12,15-16,21-22,27-30,41-42,47-48,57-58H,1-2,13-14,17-20,23-26H2,3-4H3;2*1H/q+2;;/p-2/t27-,28+,29?,30?,41-,42-,47+,48+,55?,56?;;/m0../s1. The van der Waals surface area contributed by atoms with Crippen LogP contribution in [0.1, 0.15) is 60.1 Å². The van der Waals surface area contributed by atoms with E-state index >= 15 is 17.6 Å². The lowest BCUT2D eigenvalue weighted by Crippen LogP contribution is -3.00. The van der Waals surface area contributed by atoms with E-state index in [9.17, 15) is 10.2 Å². The van der Waals surface area contributed by atoms with Gasteiger partial charge < -0.3 is 62.6 Å². The Morgan fingerprint density at radius 1 is 0.661 bits per heavy atom. The van der Waals surface area contributed by atoms with E-state index in [1.54, 1.807) is 50.9 Å². The van der Waals surface area contributed by atoms with E-state index in [-0.39, 0.29) is 79.7 Å². The zero-order chi connectivity index (χ0) is 42.1. The van der Waals surface area contributed by atoms with Gasteiger partial charge in [-0.05, 0) is 71.5 Å². The molecule has 6 saturated heterocycles. The fourth-order valence-electron chi connectivity index (χ4n) is 11.9. The van der Waals surface area contributed by atoms with Crippen LogP contribution in [0.5, 0.6) is 11.5 Å². The number of fused-ring (bicyclic) bond motifs is 8. The second-order valence-electron chi connectivity index (χ2n) is 17.7. The number of nitrogens with zero attached hydrogens (tertiary/aromatic N) is 4. The number of hydrogen-bond acceptors (Lipinski definition) is 6. The van der Waals surface area contributed by atoms with Gasteiger partial charge in [-0.1, -0.05) is 12.2 Å². The Morgan fingerprint density at radius 3 is 1.40 bits per heavy atom. The molecular formula is C48H52Br2F4N4O4. The third kappa shape index (κ3) is 7.55. The van der Waals surface area contributed by atoms with Gasteiger partial charge in [-0.15, -0.1) is 13.2 Å². The second kappa shape index (κ2) is 17.9. The number of piperidine rings is 6. The quantitative estimate of drug-likeness (QED) is 0.0868. The smallest absolute Gasteiger partial charge is 0.171 e. The lowest BCUT2D eigenvalue weighted by Gasteiger charge is -2.58. The molecule has 14 heteroatoms. The average molecular weight is 985 g/mol. The minimum atomic E-state index is -1.42. The van der Waals surface area contributed by atoms with Crippen molar-refractivity contribution in [2.45, 2.75) is 63.1 Å². The summed E-state index contributed by atoms with van der Waals surface area (Å²) in [6.07, 6.45) is 7.30. The molecule has 8 nitrogen and oxygen atoms in total. The molecule has 5 aromatic rings. The molecule has 330 valence electrons. The summed E-state index contributed by atoms with van der Waals surface area (Å²) in [6.45, 7) is 9.15. The molecule has 6 aliphatic rings. The average Bonchev–Trinajstić information content (AvgIpc) is 3.29. The van der Waals surface area contributed by atoms with Gasteiger partial charge in [0.1, 0.15) is 48.9 Å². The van der Waals surface area contributed by atoms with Gasteiger partial charge in [0.2, 0.25) is 0 Å². The fourth-order valence-corrected chi connectivity index (χ4v) is 11.9. The Labute approximate surface area is 380 Å². The van der Waals surface area contributed by atoms with E-state index in [0.717, 1.165) is 0 Å². The molecule has 10 atom stereocenters. The Hall–Kier alpha value is -3.92. The molecule has 3 aromatic carbocycles. The summed E-state index contributed by atoms with van der Waals surface area (Å²) in [7, 11) is 3.11. The van der Waals surface area contributed by atoms with Crippen LogP contribution in [0.3, 0.4) is 0 Å². The Bertz CT molecular complexity index is 2320. The molecule has 6 fully saturated rings. The van der Waals surface area contributed by atoms with Crippen LogP contribution in [0.2, 0.25) is 0 Å². The fraction of sp³-hybridized carbons (Fsp3) is 0.417. The molecule has 4 bridgehead atoms. The van der Waals surface area contributed by atoms with Gasteiger partial charge in [0.15, 0.2) is 23.3 Å². The number of ether oxygens (including phenoxy) is 2. The Morgan fingerprint density at radius 2 is 1.05 bits per heavy atom. The summed E-state index contributed by atoms with van der Waals surface area (Å²) in [5.41, 5.74) is 1.19.